The third-order valence-electron chi connectivity index (χ3n) is 4.95. The van der Waals surface area contributed by atoms with Crippen LogP contribution in [0.1, 0.15) is 32.1 Å². The van der Waals surface area contributed by atoms with E-state index in [9.17, 15) is 19.1 Å². The molecule has 28 heavy (non-hydrogen) atoms. The Balaban J connectivity index is 2.22. The van der Waals surface area contributed by atoms with E-state index in [4.69, 9.17) is 11.6 Å². The van der Waals surface area contributed by atoms with Gasteiger partial charge in [0.05, 0.1) is 5.92 Å². The Morgan fingerprint density at radius 2 is 2.07 bits per heavy atom. The number of hydrogen-bond donors (Lipinski definition) is 2. The fraction of sp³-hybridized carbons (Fsp3) is 0.429. The zero-order valence-electron chi connectivity index (χ0n) is 15.7. The molecule has 0 heterocycles. The second-order valence-corrected chi connectivity index (χ2v) is 7.45. The van der Waals surface area contributed by atoms with E-state index in [0.717, 1.165) is 12.8 Å². The number of amides is 1. The molecule has 1 aromatic carbocycles. The van der Waals surface area contributed by atoms with Crippen molar-refractivity contribution < 1.29 is 19.1 Å². The van der Waals surface area contributed by atoms with Crippen LogP contribution in [0.25, 0.3) is 0 Å². The van der Waals surface area contributed by atoms with E-state index in [1.807, 2.05) is 0 Å². The third-order valence-corrected chi connectivity index (χ3v) is 5.17. The van der Waals surface area contributed by atoms with Crippen LogP contribution in [0.2, 0.25) is 5.02 Å². The van der Waals surface area contributed by atoms with Crippen molar-refractivity contribution in [3.05, 3.63) is 54.3 Å². The van der Waals surface area contributed by atoms with E-state index in [1.54, 1.807) is 23.1 Å². The number of carbonyl (C=O) groups excluding carboxylic acids is 1. The number of aliphatic carboxylic acids is 1. The maximum absolute atomic E-state index is 13.6. The summed E-state index contributed by atoms with van der Waals surface area (Å²) in [7, 11) is 0. The lowest BCUT2D eigenvalue weighted by molar-refractivity contribution is -0.145. The highest BCUT2D eigenvalue weighted by Crippen LogP contribution is 2.29. The molecule has 0 saturated heterocycles. The standard InChI is InChI=1S/C21H26ClFN2O3/c1-3-6-19(24-17-12-15(22)11-16(23)13-17)20(26)25(9-4-2)18-8-5-7-14(10-18)21(27)28/h3-4,11-14,18-19,24H,1-2,5-10H2,(H,27,28)/t14?,18-,19?/m1/s1. The topological polar surface area (TPSA) is 69.6 Å². The second kappa shape index (κ2) is 10.3. The Bertz CT molecular complexity index is 720. The zero-order chi connectivity index (χ0) is 20.7. The van der Waals surface area contributed by atoms with Gasteiger partial charge in [0.1, 0.15) is 11.9 Å². The molecule has 0 aromatic heterocycles. The highest BCUT2D eigenvalue weighted by molar-refractivity contribution is 6.30. The molecular formula is C21H26ClFN2O3. The second-order valence-electron chi connectivity index (χ2n) is 7.01. The van der Waals surface area contributed by atoms with Crippen LogP contribution in [-0.2, 0) is 9.59 Å². The molecular weight excluding hydrogens is 383 g/mol. The average Bonchev–Trinajstić information content (AvgIpc) is 2.64. The van der Waals surface area contributed by atoms with Crippen LogP contribution in [0.4, 0.5) is 10.1 Å². The van der Waals surface area contributed by atoms with E-state index < -0.39 is 23.7 Å². The van der Waals surface area contributed by atoms with Crippen molar-refractivity contribution in [2.45, 2.75) is 44.2 Å². The lowest BCUT2D eigenvalue weighted by atomic mass is 9.84. The number of nitrogens with one attached hydrogen (secondary N) is 1. The summed E-state index contributed by atoms with van der Waals surface area (Å²) in [6.45, 7) is 7.75. The summed E-state index contributed by atoms with van der Waals surface area (Å²) in [6, 6.07) is 3.17. The van der Waals surface area contributed by atoms with Gasteiger partial charge in [-0.05, 0) is 43.9 Å². The minimum Gasteiger partial charge on any atom is -0.481 e. The van der Waals surface area contributed by atoms with Gasteiger partial charge < -0.3 is 15.3 Å². The first-order valence-corrected chi connectivity index (χ1v) is 9.71. The van der Waals surface area contributed by atoms with Gasteiger partial charge in [-0.1, -0.05) is 30.2 Å². The average molecular weight is 409 g/mol. The molecule has 0 spiro atoms. The first kappa shape index (κ1) is 22.0. The number of anilines is 1. The minimum absolute atomic E-state index is 0.175. The highest BCUT2D eigenvalue weighted by Gasteiger charge is 2.34. The molecule has 1 aliphatic rings. The van der Waals surface area contributed by atoms with Gasteiger partial charge >= 0.3 is 5.97 Å². The predicted molar refractivity (Wildman–Crippen MR) is 109 cm³/mol. The van der Waals surface area contributed by atoms with Crippen LogP contribution in [0, 0.1) is 11.7 Å². The molecule has 1 saturated carbocycles. The van der Waals surface area contributed by atoms with Crippen LogP contribution in [0.3, 0.4) is 0 Å². The minimum atomic E-state index is -0.828. The Kier molecular flexibility index (Phi) is 8.05. The summed E-state index contributed by atoms with van der Waals surface area (Å²) >= 11 is 5.91. The van der Waals surface area contributed by atoms with E-state index in [2.05, 4.69) is 18.5 Å². The molecule has 152 valence electrons. The molecule has 3 atom stereocenters. The van der Waals surface area contributed by atoms with Gasteiger partial charge in [0.25, 0.3) is 0 Å². The van der Waals surface area contributed by atoms with Gasteiger partial charge in [-0.25, -0.2) is 4.39 Å². The summed E-state index contributed by atoms with van der Waals surface area (Å²) in [4.78, 5) is 26.3. The van der Waals surface area contributed by atoms with Crippen LogP contribution in [-0.4, -0.2) is 40.5 Å². The number of carbonyl (C=O) groups is 2. The lowest BCUT2D eigenvalue weighted by Crippen LogP contribution is -2.50. The summed E-state index contributed by atoms with van der Waals surface area (Å²) < 4.78 is 13.6. The summed E-state index contributed by atoms with van der Waals surface area (Å²) in [5.74, 6) is -1.98. The normalized spacial score (nSPS) is 20.1. The molecule has 2 unspecified atom stereocenters. The molecule has 1 amide bonds. The molecule has 7 heteroatoms. The maximum atomic E-state index is 13.6. The molecule has 1 aromatic rings. The monoisotopic (exact) mass is 408 g/mol. The molecule has 5 nitrogen and oxygen atoms in total. The number of nitrogens with zero attached hydrogens (tertiary/aromatic N) is 1. The summed E-state index contributed by atoms with van der Waals surface area (Å²) in [5.41, 5.74) is 0.399. The van der Waals surface area contributed by atoms with Crippen molar-refractivity contribution in [2.24, 2.45) is 5.92 Å². The first-order valence-electron chi connectivity index (χ1n) is 9.33. The fourth-order valence-electron chi connectivity index (χ4n) is 3.66. The highest BCUT2D eigenvalue weighted by atomic mass is 35.5. The van der Waals surface area contributed by atoms with Gasteiger partial charge in [-0.3, -0.25) is 9.59 Å². The number of hydrogen-bond acceptors (Lipinski definition) is 3. The van der Waals surface area contributed by atoms with Gasteiger partial charge in [-0.15, -0.1) is 13.2 Å². The van der Waals surface area contributed by atoms with Crippen LogP contribution < -0.4 is 5.32 Å². The molecule has 2 N–H and O–H groups in total. The molecule has 1 fully saturated rings. The van der Waals surface area contributed by atoms with E-state index >= 15 is 0 Å². The summed E-state index contributed by atoms with van der Waals surface area (Å²) in [5, 5.41) is 12.6. The molecule has 0 radical (unpaired) electrons. The third kappa shape index (κ3) is 5.83. The molecule has 2 rings (SSSR count). The van der Waals surface area contributed by atoms with Crippen molar-refractivity contribution >= 4 is 29.2 Å². The van der Waals surface area contributed by atoms with Crippen LogP contribution in [0.15, 0.2) is 43.5 Å². The van der Waals surface area contributed by atoms with Crippen molar-refractivity contribution in [2.75, 3.05) is 11.9 Å². The quantitative estimate of drug-likeness (QED) is 0.590. The Morgan fingerprint density at radius 3 is 2.68 bits per heavy atom. The number of benzene rings is 1. The van der Waals surface area contributed by atoms with Gasteiger partial charge in [0.2, 0.25) is 5.91 Å². The molecule has 1 aliphatic carbocycles. The number of carboxylic acid groups (broad SMARTS) is 1. The molecule has 0 aliphatic heterocycles. The fourth-order valence-corrected chi connectivity index (χ4v) is 3.88. The number of carboxylic acids is 1. The Morgan fingerprint density at radius 1 is 1.32 bits per heavy atom. The van der Waals surface area contributed by atoms with Gasteiger partial charge in [-0.2, -0.15) is 0 Å². The first-order chi connectivity index (χ1) is 13.3. The van der Waals surface area contributed by atoms with Crippen molar-refractivity contribution in [3.8, 4) is 0 Å². The number of rotatable bonds is 9. The SMILES string of the molecule is C=CCC(Nc1cc(F)cc(Cl)c1)C(=O)N(CC=C)[C@@H]1CCCC(C(=O)O)C1. The maximum Gasteiger partial charge on any atom is 0.306 e. The van der Waals surface area contributed by atoms with E-state index in [0.29, 0.717) is 31.5 Å². The van der Waals surface area contributed by atoms with Crippen LogP contribution >= 0.6 is 11.6 Å². The van der Waals surface area contributed by atoms with Gasteiger partial charge in [0, 0.05) is 23.3 Å². The predicted octanol–water partition coefficient (Wildman–Crippen LogP) is 4.49. The summed E-state index contributed by atoms with van der Waals surface area (Å²) in [6.07, 6.45) is 6.11. The Hall–Kier alpha value is -2.34. The van der Waals surface area contributed by atoms with Crippen molar-refractivity contribution in [1.29, 1.82) is 0 Å². The van der Waals surface area contributed by atoms with E-state index in [-0.39, 0.29) is 17.0 Å². The van der Waals surface area contributed by atoms with Gasteiger partial charge in [0.15, 0.2) is 0 Å². The smallest absolute Gasteiger partial charge is 0.306 e. The largest absolute Gasteiger partial charge is 0.481 e. The van der Waals surface area contributed by atoms with Crippen molar-refractivity contribution in [3.63, 3.8) is 0 Å². The van der Waals surface area contributed by atoms with Crippen molar-refractivity contribution in [1.82, 2.24) is 4.90 Å². The zero-order valence-corrected chi connectivity index (χ0v) is 16.5. The number of halogens is 2. The lowest BCUT2D eigenvalue weighted by Gasteiger charge is -2.38. The van der Waals surface area contributed by atoms with Crippen LogP contribution in [0.5, 0.6) is 0 Å². The van der Waals surface area contributed by atoms with E-state index in [1.165, 1.54) is 12.1 Å². The molecule has 0 bridgehead atoms. The Labute approximate surface area is 169 Å².